The molecule has 1 aromatic rings. The Morgan fingerprint density at radius 2 is 2.19 bits per heavy atom. The zero-order chi connectivity index (χ0) is 18.9. The van der Waals surface area contributed by atoms with E-state index < -0.39 is 36.4 Å². The summed E-state index contributed by atoms with van der Waals surface area (Å²) < 4.78 is 23.4. The number of nitrogens with one attached hydrogen (secondary N) is 1. The summed E-state index contributed by atoms with van der Waals surface area (Å²) in [7, 11) is 0. The van der Waals surface area contributed by atoms with Crippen LogP contribution < -0.4 is 10.1 Å². The van der Waals surface area contributed by atoms with Crippen LogP contribution in [0.4, 0.5) is 0 Å². The van der Waals surface area contributed by atoms with Gasteiger partial charge in [-0.05, 0) is 38.0 Å². The van der Waals surface area contributed by atoms with Crippen LogP contribution >= 0.6 is 0 Å². The molecule has 2 aliphatic heterocycles. The Kier molecular flexibility index (Phi) is 5.53. The van der Waals surface area contributed by atoms with E-state index in [-0.39, 0.29) is 12.5 Å². The van der Waals surface area contributed by atoms with Gasteiger partial charge in [0.2, 0.25) is 12.2 Å². The molecule has 26 heavy (non-hydrogen) atoms. The molecule has 7 heteroatoms. The lowest BCUT2D eigenvalue weighted by molar-refractivity contribution is -0.361. The molecular formula is C19H27NO6. The number of carbonyl (C=O) groups excluding carboxylic acids is 1. The molecule has 0 aromatic heterocycles. The number of fused-ring (bicyclic) bond motifs is 1. The number of aliphatic hydroxyl groups excluding tert-OH is 1. The Hall–Kier alpha value is -1.67. The van der Waals surface area contributed by atoms with Crippen LogP contribution in [0.3, 0.4) is 0 Å². The number of ether oxygens (including phenoxy) is 4. The highest BCUT2D eigenvalue weighted by molar-refractivity contribution is 5.73. The lowest BCUT2D eigenvalue weighted by Gasteiger charge is -2.49. The number of amides is 1. The van der Waals surface area contributed by atoms with Gasteiger partial charge in [-0.2, -0.15) is 0 Å². The van der Waals surface area contributed by atoms with Gasteiger partial charge in [0.1, 0.15) is 30.1 Å². The van der Waals surface area contributed by atoms with Crippen LogP contribution in [0.1, 0.15) is 33.3 Å². The number of hydrogen-bond donors (Lipinski definition) is 2. The standard InChI is InChI=1S/C19H27NO6/c1-5-12-7-6-8-13(9-12)24-18-15(20-11(2)21)16(22)17-14(25-18)10-23-19(3,4)26-17/h6-9,14-18,22H,5,10H2,1-4H3,(H,20,21)/t14-,15-,16-,17+,18-/m1/s1. The maximum atomic E-state index is 11.6. The summed E-state index contributed by atoms with van der Waals surface area (Å²) in [6, 6.07) is 6.90. The highest BCUT2D eigenvalue weighted by atomic mass is 16.8. The molecule has 2 fully saturated rings. The first-order valence-corrected chi connectivity index (χ1v) is 8.97. The van der Waals surface area contributed by atoms with Gasteiger partial charge in [0.05, 0.1) is 6.61 Å². The van der Waals surface area contributed by atoms with Gasteiger partial charge in [-0.25, -0.2) is 0 Å². The highest BCUT2D eigenvalue weighted by Gasteiger charge is 2.52. The largest absolute Gasteiger partial charge is 0.463 e. The summed E-state index contributed by atoms with van der Waals surface area (Å²) in [5.41, 5.74) is 1.12. The molecule has 1 amide bonds. The normalized spacial score (nSPS) is 33.2. The van der Waals surface area contributed by atoms with Crippen LogP contribution in [0.15, 0.2) is 24.3 Å². The lowest BCUT2D eigenvalue weighted by atomic mass is 9.95. The van der Waals surface area contributed by atoms with Crippen molar-refractivity contribution in [3.63, 3.8) is 0 Å². The third-order valence-corrected chi connectivity index (χ3v) is 4.62. The van der Waals surface area contributed by atoms with Crippen molar-refractivity contribution in [2.45, 2.75) is 70.5 Å². The average molecular weight is 365 g/mol. The van der Waals surface area contributed by atoms with Gasteiger partial charge in [-0.15, -0.1) is 0 Å². The molecule has 0 bridgehead atoms. The Morgan fingerprint density at radius 3 is 2.88 bits per heavy atom. The van der Waals surface area contributed by atoms with Gasteiger partial charge >= 0.3 is 0 Å². The minimum Gasteiger partial charge on any atom is -0.463 e. The molecule has 0 saturated carbocycles. The molecule has 2 N–H and O–H groups in total. The Balaban J connectivity index is 1.81. The fourth-order valence-electron chi connectivity index (χ4n) is 3.31. The number of aliphatic hydroxyl groups is 1. The summed E-state index contributed by atoms with van der Waals surface area (Å²) >= 11 is 0. The molecule has 3 rings (SSSR count). The van der Waals surface area contributed by atoms with Crippen molar-refractivity contribution in [3.8, 4) is 5.75 Å². The first-order valence-electron chi connectivity index (χ1n) is 8.97. The second-order valence-electron chi connectivity index (χ2n) is 7.17. The first-order chi connectivity index (χ1) is 12.3. The first kappa shape index (κ1) is 19.1. The third-order valence-electron chi connectivity index (χ3n) is 4.62. The van der Waals surface area contributed by atoms with Gasteiger partial charge in [0.25, 0.3) is 0 Å². The Morgan fingerprint density at radius 1 is 1.42 bits per heavy atom. The van der Waals surface area contributed by atoms with E-state index in [2.05, 4.69) is 12.2 Å². The van der Waals surface area contributed by atoms with E-state index in [1.165, 1.54) is 6.92 Å². The van der Waals surface area contributed by atoms with Crippen molar-refractivity contribution in [1.82, 2.24) is 5.32 Å². The molecule has 1 aromatic carbocycles. The van der Waals surface area contributed by atoms with Crippen LogP contribution in [0.25, 0.3) is 0 Å². The van der Waals surface area contributed by atoms with Crippen molar-refractivity contribution in [3.05, 3.63) is 29.8 Å². The monoisotopic (exact) mass is 365 g/mol. The van der Waals surface area contributed by atoms with Crippen molar-refractivity contribution >= 4 is 5.91 Å². The highest BCUT2D eigenvalue weighted by Crippen LogP contribution is 2.33. The average Bonchev–Trinajstić information content (AvgIpc) is 2.58. The van der Waals surface area contributed by atoms with Gasteiger partial charge in [0, 0.05) is 6.92 Å². The van der Waals surface area contributed by atoms with E-state index in [1.807, 2.05) is 24.3 Å². The number of benzene rings is 1. The van der Waals surface area contributed by atoms with E-state index in [4.69, 9.17) is 18.9 Å². The van der Waals surface area contributed by atoms with Gasteiger partial charge in [-0.1, -0.05) is 19.1 Å². The van der Waals surface area contributed by atoms with Gasteiger partial charge in [0.15, 0.2) is 5.79 Å². The molecule has 7 nitrogen and oxygen atoms in total. The summed E-state index contributed by atoms with van der Waals surface area (Å²) in [6.07, 6.45) is -2.06. The second kappa shape index (κ2) is 7.52. The van der Waals surface area contributed by atoms with Crippen LogP contribution in [0.2, 0.25) is 0 Å². The van der Waals surface area contributed by atoms with Crippen molar-refractivity contribution < 1.29 is 28.8 Å². The zero-order valence-corrected chi connectivity index (χ0v) is 15.6. The molecule has 2 heterocycles. The topological polar surface area (TPSA) is 86.2 Å². The Bertz CT molecular complexity index is 649. The maximum absolute atomic E-state index is 11.6. The maximum Gasteiger partial charge on any atom is 0.223 e. The Labute approximate surface area is 153 Å². The molecule has 2 aliphatic rings. The van der Waals surface area contributed by atoms with Crippen LogP contribution in [0, 0.1) is 0 Å². The predicted molar refractivity (Wildman–Crippen MR) is 93.6 cm³/mol. The predicted octanol–water partition coefficient (Wildman–Crippen LogP) is 1.37. The minimum absolute atomic E-state index is 0.274. The van der Waals surface area contributed by atoms with Crippen LogP contribution in [-0.4, -0.2) is 54.1 Å². The van der Waals surface area contributed by atoms with Crippen molar-refractivity contribution in [2.24, 2.45) is 0 Å². The molecular weight excluding hydrogens is 338 g/mol. The van der Waals surface area contributed by atoms with Crippen LogP contribution in [0.5, 0.6) is 5.75 Å². The fourth-order valence-corrected chi connectivity index (χ4v) is 3.31. The van der Waals surface area contributed by atoms with Crippen molar-refractivity contribution in [2.75, 3.05) is 6.61 Å². The lowest BCUT2D eigenvalue weighted by Crippen LogP contribution is -2.69. The molecule has 144 valence electrons. The summed E-state index contributed by atoms with van der Waals surface area (Å²) in [5, 5.41) is 13.6. The smallest absolute Gasteiger partial charge is 0.223 e. The van der Waals surface area contributed by atoms with Crippen LogP contribution in [-0.2, 0) is 25.4 Å². The number of aryl methyl sites for hydroxylation is 1. The number of rotatable bonds is 4. The van der Waals surface area contributed by atoms with E-state index in [0.717, 1.165) is 12.0 Å². The molecule has 5 atom stereocenters. The quantitative estimate of drug-likeness (QED) is 0.838. The number of hydrogen-bond acceptors (Lipinski definition) is 6. The third kappa shape index (κ3) is 4.17. The second-order valence-corrected chi connectivity index (χ2v) is 7.17. The SMILES string of the molecule is CCc1cccc(O[C@@H]2O[C@@H]3COC(C)(C)O[C@@H]3[C@H](O)[C@H]2NC(C)=O)c1. The fraction of sp³-hybridized carbons (Fsp3) is 0.632. The van der Waals surface area contributed by atoms with Gasteiger partial charge in [-0.3, -0.25) is 4.79 Å². The molecule has 0 spiro atoms. The molecule has 0 aliphatic carbocycles. The van der Waals surface area contributed by atoms with Gasteiger partial charge < -0.3 is 29.4 Å². The molecule has 2 saturated heterocycles. The summed E-state index contributed by atoms with van der Waals surface area (Å²) in [4.78, 5) is 11.6. The summed E-state index contributed by atoms with van der Waals surface area (Å²) in [6.45, 7) is 7.28. The number of carbonyl (C=O) groups is 1. The molecule has 0 radical (unpaired) electrons. The van der Waals surface area contributed by atoms with E-state index in [1.54, 1.807) is 13.8 Å². The minimum atomic E-state index is -0.986. The summed E-state index contributed by atoms with van der Waals surface area (Å²) in [5.74, 6) is -0.484. The van der Waals surface area contributed by atoms with E-state index >= 15 is 0 Å². The zero-order valence-electron chi connectivity index (χ0n) is 15.6. The van der Waals surface area contributed by atoms with Crippen molar-refractivity contribution in [1.29, 1.82) is 0 Å². The molecule has 0 unspecified atom stereocenters. The van der Waals surface area contributed by atoms with E-state index in [0.29, 0.717) is 5.75 Å². The van der Waals surface area contributed by atoms with E-state index in [9.17, 15) is 9.90 Å².